The predicted octanol–water partition coefficient (Wildman–Crippen LogP) is 0.0207. The van der Waals surface area contributed by atoms with Crippen LogP contribution in [0.1, 0.15) is 33.1 Å². The molecule has 1 unspecified atom stereocenters. The fraction of sp³-hybridized carbons (Fsp3) is 1.00. The van der Waals surface area contributed by atoms with Gasteiger partial charge < -0.3 is 24.8 Å². The molecule has 0 amide bonds. The number of aliphatic hydroxyl groups excluding tert-OH is 3. The minimum Gasteiger partial charge on any atom is -0.388 e. The fourth-order valence-electron chi connectivity index (χ4n) is 1.70. The first kappa shape index (κ1) is 13.9. The smallest absolute Gasteiger partial charge is 0.186 e. The van der Waals surface area contributed by atoms with E-state index < -0.39 is 30.7 Å². The quantitative estimate of drug-likeness (QED) is 0.584. The molecule has 5 heteroatoms. The Kier molecular flexibility index (Phi) is 5.64. The molecule has 1 saturated heterocycles. The van der Waals surface area contributed by atoms with Crippen LogP contribution in [-0.2, 0) is 9.47 Å². The topological polar surface area (TPSA) is 79.2 Å². The van der Waals surface area contributed by atoms with E-state index in [9.17, 15) is 15.3 Å². The number of hydrogen-bond donors (Lipinski definition) is 3. The third kappa shape index (κ3) is 3.40. The van der Waals surface area contributed by atoms with Crippen LogP contribution in [-0.4, -0.2) is 52.6 Å². The maximum absolute atomic E-state index is 9.62. The first-order valence-electron chi connectivity index (χ1n) is 5.89. The van der Waals surface area contributed by atoms with Crippen LogP contribution in [0.4, 0.5) is 0 Å². The lowest BCUT2D eigenvalue weighted by atomic mass is 10.0. The van der Waals surface area contributed by atoms with Gasteiger partial charge in [-0.2, -0.15) is 0 Å². The van der Waals surface area contributed by atoms with Crippen LogP contribution in [0, 0.1) is 0 Å². The van der Waals surface area contributed by atoms with Crippen LogP contribution in [0.3, 0.4) is 0 Å². The molecule has 3 N–H and O–H groups in total. The van der Waals surface area contributed by atoms with Gasteiger partial charge in [-0.15, -0.1) is 0 Å². The molecule has 16 heavy (non-hydrogen) atoms. The predicted molar refractivity (Wildman–Crippen MR) is 57.8 cm³/mol. The SMILES string of the molecule is CCCCCOC1O[C@H](C)[C@@H](O)[C@H](O)[C@@H]1O. The van der Waals surface area contributed by atoms with Gasteiger partial charge in [-0.05, 0) is 13.3 Å². The molecule has 1 heterocycles. The summed E-state index contributed by atoms with van der Waals surface area (Å²) in [7, 11) is 0. The molecular formula is C11H22O5. The number of hydrogen-bond acceptors (Lipinski definition) is 5. The van der Waals surface area contributed by atoms with Crippen molar-refractivity contribution in [2.45, 2.75) is 63.8 Å². The van der Waals surface area contributed by atoms with Crippen molar-refractivity contribution in [1.29, 1.82) is 0 Å². The van der Waals surface area contributed by atoms with Gasteiger partial charge in [-0.25, -0.2) is 0 Å². The minimum absolute atomic E-state index is 0.491. The first-order chi connectivity index (χ1) is 7.57. The van der Waals surface area contributed by atoms with Crippen LogP contribution in [0.2, 0.25) is 0 Å². The van der Waals surface area contributed by atoms with Gasteiger partial charge in [0.2, 0.25) is 0 Å². The number of rotatable bonds is 5. The molecule has 1 aliphatic heterocycles. The van der Waals surface area contributed by atoms with E-state index in [1.807, 2.05) is 0 Å². The fourth-order valence-corrected chi connectivity index (χ4v) is 1.70. The summed E-state index contributed by atoms with van der Waals surface area (Å²) in [5.74, 6) is 0. The summed E-state index contributed by atoms with van der Waals surface area (Å²) in [6.07, 6.45) is -1.78. The Labute approximate surface area is 96.0 Å². The highest BCUT2D eigenvalue weighted by atomic mass is 16.7. The molecule has 5 atom stereocenters. The molecule has 0 aromatic rings. The zero-order valence-corrected chi connectivity index (χ0v) is 9.87. The second-order valence-electron chi connectivity index (χ2n) is 4.26. The second kappa shape index (κ2) is 6.51. The zero-order valence-electron chi connectivity index (χ0n) is 9.87. The van der Waals surface area contributed by atoms with Crippen molar-refractivity contribution in [2.75, 3.05) is 6.61 Å². The van der Waals surface area contributed by atoms with E-state index in [1.54, 1.807) is 6.92 Å². The van der Waals surface area contributed by atoms with E-state index in [2.05, 4.69) is 6.92 Å². The molecule has 1 rings (SSSR count). The molecule has 0 spiro atoms. The van der Waals surface area contributed by atoms with E-state index >= 15 is 0 Å². The van der Waals surface area contributed by atoms with Crippen LogP contribution in [0.15, 0.2) is 0 Å². The summed E-state index contributed by atoms with van der Waals surface area (Å²) in [5.41, 5.74) is 0. The molecule has 5 nitrogen and oxygen atoms in total. The van der Waals surface area contributed by atoms with Gasteiger partial charge in [0.15, 0.2) is 6.29 Å². The Morgan fingerprint density at radius 2 is 1.75 bits per heavy atom. The van der Waals surface area contributed by atoms with Gasteiger partial charge >= 0.3 is 0 Å². The molecule has 0 radical (unpaired) electrons. The van der Waals surface area contributed by atoms with E-state index in [4.69, 9.17) is 9.47 Å². The normalized spacial score (nSPS) is 39.9. The Balaban J connectivity index is 2.35. The largest absolute Gasteiger partial charge is 0.388 e. The van der Waals surface area contributed by atoms with Crippen LogP contribution >= 0.6 is 0 Å². The van der Waals surface area contributed by atoms with Gasteiger partial charge in [0, 0.05) is 6.61 Å². The first-order valence-corrected chi connectivity index (χ1v) is 5.89. The van der Waals surface area contributed by atoms with E-state index in [1.165, 1.54) is 0 Å². The summed E-state index contributed by atoms with van der Waals surface area (Å²) < 4.78 is 10.6. The van der Waals surface area contributed by atoms with Crippen molar-refractivity contribution in [3.63, 3.8) is 0 Å². The molecular weight excluding hydrogens is 212 g/mol. The van der Waals surface area contributed by atoms with Crippen molar-refractivity contribution >= 4 is 0 Å². The van der Waals surface area contributed by atoms with Crippen LogP contribution in [0.25, 0.3) is 0 Å². The molecule has 0 aromatic heterocycles. The van der Waals surface area contributed by atoms with E-state index in [-0.39, 0.29) is 0 Å². The lowest BCUT2D eigenvalue weighted by Crippen LogP contribution is -2.57. The van der Waals surface area contributed by atoms with E-state index in [0.717, 1.165) is 19.3 Å². The standard InChI is InChI=1S/C11H22O5/c1-3-4-5-6-15-11-10(14)9(13)8(12)7(2)16-11/h7-14H,3-6H2,1-2H3/t7-,8-,9+,10+,11?/m1/s1. The van der Waals surface area contributed by atoms with Gasteiger partial charge in [0.05, 0.1) is 6.10 Å². The van der Waals surface area contributed by atoms with Crippen molar-refractivity contribution in [3.05, 3.63) is 0 Å². The zero-order chi connectivity index (χ0) is 12.1. The Bertz CT molecular complexity index is 199. The highest BCUT2D eigenvalue weighted by Crippen LogP contribution is 2.21. The number of ether oxygens (including phenoxy) is 2. The molecule has 96 valence electrons. The van der Waals surface area contributed by atoms with Crippen molar-refractivity contribution in [3.8, 4) is 0 Å². The highest BCUT2D eigenvalue weighted by Gasteiger charge is 2.42. The second-order valence-corrected chi connectivity index (χ2v) is 4.26. The summed E-state index contributed by atoms with van der Waals surface area (Å²) >= 11 is 0. The van der Waals surface area contributed by atoms with Crippen molar-refractivity contribution in [1.82, 2.24) is 0 Å². The van der Waals surface area contributed by atoms with Crippen LogP contribution < -0.4 is 0 Å². The third-order valence-corrected chi connectivity index (χ3v) is 2.84. The van der Waals surface area contributed by atoms with Gasteiger partial charge in [-0.1, -0.05) is 19.8 Å². The molecule has 1 aliphatic rings. The Hall–Kier alpha value is -0.200. The van der Waals surface area contributed by atoms with Gasteiger partial charge in [0.1, 0.15) is 18.3 Å². The molecule has 0 saturated carbocycles. The Morgan fingerprint density at radius 3 is 2.38 bits per heavy atom. The maximum atomic E-state index is 9.62. The third-order valence-electron chi connectivity index (χ3n) is 2.84. The number of unbranched alkanes of at least 4 members (excludes halogenated alkanes) is 2. The Morgan fingerprint density at radius 1 is 1.06 bits per heavy atom. The lowest BCUT2D eigenvalue weighted by molar-refractivity contribution is -0.293. The lowest BCUT2D eigenvalue weighted by Gasteiger charge is -2.38. The number of aliphatic hydroxyl groups is 3. The molecule has 1 fully saturated rings. The average Bonchev–Trinajstić information content (AvgIpc) is 2.28. The van der Waals surface area contributed by atoms with Gasteiger partial charge in [-0.3, -0.25) is 0 Å². The van der Waals surface area contributed by atoms with Crippen LogP contribution in [0.5, 0.6) is 0 Å². The minimum atomic E-state index is -1.21. The van der Waals surface area contributed by atoms with Crippen molar-refractivity contribution < 1.29 is 24.8 Å². The van der Waals surface area contributed by atoms with Gasteiger partial charge in [0.25, 0.3) is 0 Å². The highest BCUT2D eigenvalue weighted by molar-refractivity contribution is 4.87. The summed E-state index contributed by atoms with van der Waals surface area (Å²) in [6.45, 7) is 4.22. The summed E-state index contributed by atoms with van der Waals surface area (Å²) in [4.78, 5) is 0. The monoisotopic (exact) mass is 234 g/mol. The molecule has 0 aliphatic carbocycles. The average molecular weight is 234 g/mol. The van der Waals surface area contributed by atoms with E-state index in [0.29, 0.717) is 6.61 Å². The summed E-state index contributed by atoms with van der Waals surface area (Å²) in [6, 6.07) is 0. The molecule has 0 bridgehead atoms. The van der Waals surface area contributed by atoms with Crippen molar-refractivity contribution in [2.24, 2.45) is 0 Å². The molecule has 0 aromatic carbocycles. The summed E-state index contributed by atoms with van der Waals surface area (Å²) in [5, 5.41) is 28.6. The maximum Gasteiger partial charge on any atom is 0.186 e.